The summed E-state index contributed by atoms with van der Waals surface area (Å²) in [7, 11) is 0. The lowest BCUT2D eigenvalue weighted by molar-refractivity contribution is -0.136. The first-order chi connectivity index (χ1) is 13.3. The normalized spacial score (nSPS) is 26.1. The lowest BCUT2D eigenvalue weighted by Crippen LogP contribution is -2.62. The number of hydrogen-bond acceptors (Lipinski definition) is 6. The number of benzene rings is 1. The number of nitrogens with zero attached hydrogens (tertiary/aromatic N) is 1. The molecule has 2 atom stereocenters. The molecule has 0 aliphatic carbocycles. The zero-order valence-corrected chi connectivity index (χ0v) is 16.0. The highest BCUT2D eigenvalue weighted by Crippen LogP contribution is 2.29. The molecular formula is C20H24N4O4. The number of carbonyl (C=O) groups excluding carboxylic acids is 4. The summed E-state index contributed by atoms with van der Waals surface area (Å²) in [5.41, 5.74) is 1.80. The molecule has 28 heavy (non-hydrogen) atoms. The van der Waals surface area contributed by atoms with E-state index in [0.29, 0.717) is 23.7 Å². The summed E-state index contributed by atoms with van der Waals surface area (Å²) in [5, 5.41) is 8.99. The van der Waals surface area contributed by atoms with Gasteiger partial charge in [0, 0.05) is 32.1 Å². The minimum absolute atomic E-state index is 0.116. The molecule has 2 unspecified atom stereocenters. The fraction of sp³-hybridized carbons (Fsp3) is 0.500. The summed E-state index contributed by atoms with van der Waals surface area (Å²) in [4.78, 5) is 49.9. The second kappa shape index (κ2) is 6.79. The molecule has 4 amide bonds. The number of carbonyl (C=O) groups is 4. The predicted octanol–water partition coefficient (Wildman–Crippen LogP) is 0.175. The van der Waals surface area contributed by atoms with Crippen molar-refractivity contribution in [3.63, 3.8) is 0 Å². The van der Waals surface area contributed by atoms with Gasteiger partial charge in [0.25, 0.3) is 11.8 Å². The Morgan fingerprint density at radius 3 is 2.54 bits per heavy atom. The second-order valence-electron chi connectivity index (χ2n) is 8.38. The largest absolute Gasteiger partial charge is 0.312 e. The summed E-state index contributed by atoms with van der Waals surface area (Å²) in [6.45, 7) is 6.85. The SMILES string of the molecule is CC1(C)CNC1CNCc1ccc2c(c1)C(=O)N(C1CCC(=O)NC1=O)C2=O. The maximum absolute atomic E-state index is 12.8. The molecule has 8 nitrogen and oxygen atoms in total. The van der Waals surface area contributed by atoms with Gasteiger partial charge in [-0.25, -0.2) is 0 Å². The van der Waals surface area contributed by atoms with E-state index in [-0.39, 0.29) is 24.2 Å². The molecule has 148 valence electrons. The predicted molar refractivity (Wildman–Crippen MR) is 100 cm³/mol. The van der Waals surface area contributed by atoms with Crippen LogP contribution < -0.4 is 16.0 Å². The van der Waals surface area contributed by atoms with Gasteiger partial charge < -0.3 is 10.6 Å². The molecule has 3 N–H and O–H groups in total. The van der Waals surface area contributed by atoms with E-state index < -0.39 is 23.8 Å². The van der Waals surface area contributed by atoms with E-state index in [1.807, 2.05) is 6.07 Å². The monoisotopic (exact) mass is 384 g/mol. The van der Waals surface area contributed by atoms with Crippen molar-refractivity contribution in [2.24, 2.45) is 5.41 Å². The quantitative estimate of drug-likeness (QED) is 0.625. The van der Waals surface area contributed by atoms with Gasteiger partial charge in [-0.15, -0.1) is 0 Å². The van der Waals surface area contributed by atoms with E-state index >= 15 is 0 Å². The number of fused-ring (bicyclic) bond motifs is 1. The Labute approximate surface area is 163 Å². The summed E-state index contributed by atoms with van der Waals surface area (Å²) in [6.07, 6.45) is 0.277. The third kappa shape index (κ3) is 3.12. The second-order valence-corrected chi connectivity index (χ2v) is 8.38. The smallest absolute Gasteiger partial charge is 0.262 e. The van der Waals surface area contributed by atoms with Crippen LogP contribution in [-0.4, -0.2) is 53.7 Å². The van der Waals surface area contributed by atoms with Crippen LogP contribution in [0.4, 0.5) is 0 Å². The molecule has 8 heteroatoms. The molecule has 0 saturated carbocycles. The number of amides is 4. The Balaban J connectivity index is 1.45. The Kier molecular flexibility index (Phi) is 4.55. The molecule has 2 fully saturated rings. The van der Waals surface area contributed by atoms with Crippen LogP contribution in [0.3, 0.4) is 0 Å². The van der Waals surface area contributed by atoms with Gasteiger partial charge in [0.05, 0.1) is 11.1 Å². The molecule has 3 aliphatic rings. The van der Waals surface area contributed by atoms with Gasteiger partial charge in [-0.1, -0.05) is 19.9 Å². The summed E-state index contributed by atoms with van der Waals surface area (Å²) in [6, 6.07) is 4.66. The van der Waals surface area contributed by atoms with Crippen LogP contribution >= 0.6 is 0 Å². The van der Waals surface area contributed by atoms with Gasteiger partial charge >= 0.3 is 0 Å². The van der Waals surface area contributed by atoms with Crippen LogP contribution in [0.5, 0.6) is 0 Å². The number of hydrogen-bond donors (Lipinski definition) is 3. The van der Waals surface area contributed by atoms with Gasteiger partial charge in [-0.2, -0.15) is 0 Å². The summed E-state index contributed by atoms with van der Waals surface area (Å²) < 4.78 is 0. The van der Waals surface area contributed by atoms with Crippen molar-refractivity contribution in [2.45, 2.75) is 45.3 Å². The lowest BCUT2D eigenvalue weighted by atomic mass is 9.77. The van der Waals surface area contributed by atoms with Crippen molar-refractivity contribution >= 4 is 23.6 Å². The highest BCUT2D eigenvalue weighted by Gasteiger charge is 2.44. The third-order valence-corrected chi connectivity index (χ3v) is 5.93. The zero-order chi connectivity index (χ0) is 20.1. The van der Waals surface area contributed by atoms with Crippen LogP contribution in [-0.2, 0) is 16.1 Å². The van der Waals surface area contributed by atoms with Crippen molar-refractivity contribution in [1.82, 2.24) is 20.9 Å². The van der Waals surface area contributed by atoms with Gasteiger partial charge in [0.1, 0.15) is 6.04 Å². The van der Waals surface area contributed by atoms with E-state index in [4.69, 9.17) is 0 Å². The molecule has 0 radical (unpaired) electrons. The van der Waals surface area contributed by atoms with Crippen molar-refractivity contribution in [3.8, 4) is 0 Å². The van der Waals surface area contributed by atoms with E-state index in [9.17, 15) is 19.2 Å². The van der Waals surface area contributed by atoms with E-state index in [2.05, 4.69) is 29.8 Å². The fourth-order valence-electron chi connectivity index (χ4n) is 3.99. The van der Waals surface area contributed by atoms with Gasteiger partial charge in [0.2, 0.25) is 11.8 Å². The Morgan fingerprint density at radius 1 is 1.14 bits per heavy atom. The highest BCUT2D eigenvalue weighted by molar-refractivity contribution is 6.23. The van der Waals surface area contributed by atoms with Crippen molar-refractivity contribution in [2.75, 3.05) is 13.1 Å². The van der Waals surface area contributed by atoms with Gasteiger partial charge in [-0.05, 0) is 29.5 Å². The molecule has 4 rings (SSSR count). The van der Waals surface area contributed by atoms with Crippen molar-refractivity contribution in [3.05, 3.63) is 34.9 Å². The molecule has 1 aromatic carbocycles. The van der Waals surface area contributed by atoms with Crippen LogP contribution in [0.2, 0.25) is 0 Å². The molecule has 0 aromatic heterocycles. The number of nitrogens with one attached hydrogen (secondary N) is 3. The maximum atomic E-state index is 12.8. The first-order valence-corrected chi connectivity index (χ1v) is 9.56. The van der Waals surface area contributed by atoms with E-state index in [0.717, 1.165) is 23.6 Å². The number of rotatable bonds is 5. The van der Waals surface area contributed by atoms with E-state index in [1.165, 1.54) is 0 Å². The van der Waals surface area contributed by atoms with Crippen LogP contribution in [0.25, 0.3) is 0 Å². The van der Waals surface area contributed by atoms with Gasteiger partial charge in [0.15, 0.2) is 0 Å². The first kappa shape index (κ1) is 18.8. The molecule has 0 bridgehead atoms. The maximum Gasteiger partial charge on any atom is 0.262 e. The van der Waals surface area contributed by atoms with Crippen molar-refractivity contribution < 1.29 is 19.2 Å². The number of imide groups is 2. The molecule has 3 aliphatic heterocycles. The Morgan fingerprint density at radius 2 is 1.89 bits per heavy atom. The number of piperidine rings is 1. The molecular weight excluding hydrogens is 360 g/mol. The zero-order valence-electron chi connectivity index (χ0n) is 16.0. The Hall–Kier alpha value is -2.58. The minimum atomic E-state index is -0.932. The molecule has 1 aromatic rings. The average Bonchev–Trinajstić information content (AvgIpc) is 2.89. The molecule has 2 saturated heterocycles. The topological polar surface area (TPSA) is 108 Å². The fourth-order valence-corrected chi connectivity index (χ4v) is 3.99. The van der Waals surface area contributed by atoms with Gasteiger partial charge in [-0.3, -0.25) is 29.4 Å². The molecule has 0 spiro atoms. The minimum Gasteiger partial charge on any atom is -0.312 e. The highest BCUT2D eigenvalue weighted by atomic mass is 16.2. The van der Waals surface area contributed by atoms with Crippen LogP contribution in [0.1, 0.15) is 53.0 Å². The summed E-state index contributed by atoms with van der Waals surface area (Å²) >= 11 is 0. The van der Waals surface area contributed by atoms with Crippen molar-refractivity contribution in [1.29, 1.82) is 0 Å². The van der Waals surface area contributed by atoms with Crippen LogP contribution in [0, 0.1) is 5.41 Å². The average molecular weight is 384 g/mol. The van der Waals surface area contributed by atoms with Crippen LogP contribution in [0.15, 0.2) is 18.2 Å². The van der Waals surface area contributed by atoms with E-state index in [1.54, 1.807) is 12.1 Å². The standard InChI is InChI=1S/C20H24N4O4/c1-20(2)10-22-15(20)9-21-8-11-3-4-12-13(7-11)19(28)24(18(12)27)14-5-6-16(25)23-17(14)26/h3-4,7,14-15,21-22H,5-6,8-10H2,1-2H3,(H,23,25,26). The Bertz CT molecular complexity index is 879. The molecule has 3 heterocycles. The third-order valence-electron chi connectivity index (χ3n) is 5.93. The first-order valence-electron chi connectivity index (χ1n) is 9.56. The lowest BCUT2D eigenvalue weighted by Gasteiger charge is -2.45. The summed E-state index contributed by atoms with van der Waals surface area (Å²) in [5.74, 6) is -1.92.